The fourth-order valence-corrected chi connectivity index (χ4v) is 1.75. The third-order valence-corrected chi connectivity index (χ3v) is 2.63. The molecular formula is C11H17N3O. The van der Waals surface area contributed by atoms with Crippen LogP contribution in [0.3, 0.4) is 0 Å². The van der Waals surface area contributed by atoms with Crippen LogP contribution in [-0.2, 0) is 11.3 Å². The van der Waals surface area contributed by atoms with E-state index in [0.717, 1.165) is 44.1 Å². The first-order chi connectivity index (χ1) is 7.34. The van der Waals surface area contributed by atoms with Crippen molar-refractivity contribution >= 4 is 0 Å². The minimum Gasteiger partial charge on any atom is -0.381 e. The summed E-state index contributed by atoms with van der Waals surface area (Å²) in [4.78, 5) is 8.43. The van der Waals surface area contributed by atoms with Gasteiger partial charge in [-0.2, -0.15) is 0 Å². The molecule has 1 aliphatic heterocycles. The molecule has 0 radical (unpaired) electrons. The molecule has 0 bridgehead atoms. The average Bonchev–Trinajstić information content (AvgIpc) is 2.28. The van der Waals surface area contributed by atoms with Crippen molar-refractivity contribution in [3.05, 3.63) is 23.8 Å². The van der Waals surface area contributed by atoms with E-state index in [2.05, 4.69) is 15.3 Å². The predicted molar refractivity (Wildman–Crippen MR) is 57.4 cm³/mol. The fraction of sp³-hybridized carbons (Fsp3) is 0.636. The van der Waals surface area contributed by atoms with E-state index in [1.165, 1.54) is 0 Å². The summed E-state index contributed by atoms with van der Waals surface area (Å²) in [5, 5.41) is 3.49. The molecule has 1 aromatic rings. The molecule has 2 heterocycles. The smallest absolute Gasteiger partial charge is 0.125 e. The Labute approximate surface area is 90.1 Å². The molecule has 1 saturated heterocycles. The maximum Gasteiger partial charge on any atom is 0.125 e. The van der Waals surface area contributed by atoms with Crippen LogP contribution in [0.5, 0.6) is 0 Å². The van der Waals surface area contributed by atoms with Crippen LogP contribution < -0.4 is 5.32 Å². The van der Waals surface area contributed by atoms with Crippen molar-refractivity contribution in [1.29, 1.82) is 0 Å². The molecule has 4 heteroatoms. The zero-order chi connectivity index (χ0) is 10.5. The van der Waals surface area contributed by atoms with Crippen molar-refractivity contribution in [3.63, 3.8) is 0 Å². The summed E-state index contributed by atoms with van der Waals surface area (Å²) in [6, 6.07) is 2.54. The maximum atomic E-state index is 5.31. The summed E-state index contributed by atoms with van der Waals surface area (Å²) < 4.78 is 5.31. The highest BCUT2D eigenvalue weighted by atomic mass is 16.5. The third kappa shape index (κ3) is 3.25. The maximum absolute atomic E-state index is 5.31. The highest BCUT2D eigenvalue weighted by Gasteiger charge is 2.12. The van der Waals surface area contributed by atoms with E-state index < -0.39 is 0 Å². The normalized spacial score (nSPS) is 17.9. The molecule has 0 aliphatic carbocycles. The Morgan fingerprint density at radius 3 is 3.00 bits per heavy atom. The van der Waals surface area contributed by atoms with Crippen LogP contribution in [0.4, 0.5) is 0 Å². The van der Waals surface area contributed by atoms with Gasteiger partial charge in [-0.1, -0.05) is 0 Å². The lowest BCUT2D eigenvalue weighted by molar-refractivity contribution is 0.0775. The van der Waals surface area contributed by atoms with Gasteiger partial charge in [0.2, 0.25) is 0 Å². The van der Waals surface area contributed by atoms with E-state index in [1.54, 1.807) is 0 Å². The molecule has 2 rings (SSSR count). The van der Waals surface area contributed by atoms with Gasteiger partial charge in [0, 0.05) is 32.0 Å². The highest BCUT2D eigenvalue weighted by molar-refractivity contribution is 5.01. The van der Waals surface area contributed by atoms with Crippen molar-refractivity contribution in [3.8, 4) is 0 Å². The molecule has 1 aromatic heterocycles. The molecule has 15 heavy (non-hydrogen) atoms. The molecule has 0 saturated carbocycles. The Kier molecular flexibility index (Phi) is 3.64. The van der Waals surface area contributed by atoms with Crippen LogP contribution in [0.25, 0.3) is 0 Å². The highest BCUT2D eigenvalue weighted by Crippen LogP contribution is 2.06. The second-order valence-corrected chi connectivity index (χ2v) is 3.86. The third-order valence-electron chi connectivity index (χ3n) is 2.63. The molecule has 4 nitrogen and oxygen atoms in total. The van der Waals surface area contributed by atoms with Crippen molar-refractivity contribution in [2.75, 3.05) is 13.2 Å². The van der Waals surface area contributed by atoms with Crippen LogP contribution in [0.15, 0.2) is 12.3 Å². The zero-order valence-electron chi connectivity index (χ0n) is 9.07. The number of aryl methyl sites for hydroxylation is 1. The van der Waals surface area contributed by atoms with Crippen LogP contribution in [-0.4, -0.2) is 29.2 Å². The van der Waals surface area contributed by atoms with E-state index in [4.69, 9.17) is 4.74 Å². The van der Waals surface area contributed by atoms with Crippen LogP contribution >= 0.6 is 0 Å². The van der Waals surface area contributed by atoms with E-state index in [1.807, 2.05) is 19.2 Å². The monoisotopic (exact) mass is 207 g/mol. The Bertz CT molecular complexity index is 310. The minimum absolute atomic E-state index is 0.578. The summed E-state index contributed by atoms with van der Waals surface area (Å²) in [5.41, 5.74) is 1.06. The van der Waals surface area contributed by atoms with E-state index >= 15 is 0 Å². The van der Waals surface area contributed by atoms with Crippen molar-refractivity contribution in [1.82, 2.24) is 15.3 Å². The molecule has 0 atom stereocenters. The van der Waals surface area contributed by atoms with Gasteiger partial charge >= 0.3 is 0 Å². The average molecular weight is 207 g/mol. The Hall–Kier alpha value is -1.00. The molecule has 0 unspecified atom stereocenters. The fourth-order valence-electron chi connectivity index (χ4n) is 1.75. The number of aromatic nitrogens is 2. The first-order valence-electron chi connectivity index (χ1n) is 5.44. The summed E-state index contributed by atoms with van der Waals surface area (Å²) in [5.74, 6) is 0.835. The standard InChI is InChI=1S/C11H17N3O/c1-9-12-5-2-11(14-9)8-13-10-3-6-15-7-4-10/h2,5,10,13H,3-4,6-8H2,1H3. The zero-order valence-corrected chi connectivity index (χ0v) is 9.07. The number of rotatable bonds is 3. The number of nitrogens with zero attached hydrogens (tertiary/aromatic N) is 2. The van der Waals surface area contributed by atoms with Gasteiger partial charge in [0.1, 0.15) is 5.82 Å². The molecule has 1 aliphatic rings. The minimum atomic E-state index is 0.578. The first kappa shape index (κ1) is 10.5. The predicted octanol–water partition coefficient (Wildman–Crippen LogP) is 1.05. The van der Waals surface area contributed by atoms with Gasteiger partial charge in [0.15, 0.2) is 0 Å². The number of ether oxygens (including phenoxy) is 1. The SMILES string of the molecule is Cc1nccc(CNC2CCOCC2)n1. The van der Waals surface area contributed by atoms with Crippen molar-refractivity contribution < 1.29 is 4.74 Å². The van der Waals surface area contributed by atoms with E-state index in [-0.39, 0.29) is 0 Å². The lowest BCUT2D eigenvalue weighted by Crippen LogP contribution is -2.34. The molecule has 0 spiro atoms. The largest absolute Gasteiger partial charge is 0.381 e. The summed E-state index contributed by atoms with van der Waals surface area (Å²) in [6.45, 7) is 4.49. The number of hydrogen-bond acceptors (Lipinski definition) is 4. The Morgan fingerprint density at radius 1 is 1.47 bits per heavy atom. The number of hydrogen-bond donors (Lipinski definition) is 1. The summed E-state index contributed by atoms with van der Waals surface area (Å²) in [7, 11) is 0. The van der Waals surface area contributed by atoms with E-state index in [0.29, 0.717) is 6.04 Å². The second kappa shape index (κ2) is 5.19. The van der Waals surface area contributed by atoms with Crippen LogP contribution in [0, 0.1) is 6.92 Å². The van der Waals surface area contributed by atoms with Gasteiger partial charge in [-0.25, -0.2) is 9.97 Å². The summed E-state index contributed by atoms with van der Waals surface area (Å²) in [6.07, 6.45) is 4.01. The second-order valence-electron chi connectivity index (χ2n) is 3.86. The van der Waals surface area contributed by atoms with Gasteiger partial charge in [-0.05, 0) is 25.8 Å². The van der Waals surface area contributed by atoms with Gasteiger partial charge < -0.3 is 10.1 Å². The lowest BCUT2D eigenvalue weighted by atomic mass is 10.1. The molecule has 1 fully saturated rings. The van der Waals surface area contributed by atoms with Gasteiger partial charge in [0.25, 0.3) is 0 Å². The molecule has 0 amide bonds. The quantitative estimate of drug-likeness (QED) is 0.805. The first-order valence-corrected chi connectivity index (χ1v) is 5.44. The van der Waals surface area contributed by atoms with Crippen LogP contribution in [0.2, 0.25) is 0 Å². The van der Waals surface area contributed by atoms with Crippen molar-refractivity contribution in [2.45, 2.75) is 32.4 Å². The molecule has 0 aromatic carbocycles. The van der Waals surface area contributed by atoms with Gasteiger partial charge in [-0.15, -0.1) is 0 Å². The van der Waals surface area contributed by atoms with Gasteiger partial charge in [0.05, 0.1) is 5.69 Å². The lowest BCUT2D eigenvalue weighted by Gasteiger charge is -2.22. The van der Waals surface area contributed by atoms with Crippen LogP contribution in [0.1, 0.15) is 24.4 Å². The van der Waals surface area contributed by atoms with Gasteiger partial charge in [-0.3, -0.25) is 0 Å². The molecule has 82 valence electrons. The topological polar surface area (TPSA) is 47.0 Å². The Morgan fingerprint density at radius 2 is 2.27 bits per heavy atom. The van der Waals surface area contributed by atoms with E-state index in [9.17, 15) is 0 Å². The Balaban J connectivity index is 1.81. The summed E-state index contributed by atoms with van der Waals surface area (Å²) >= 11 is 0. The molecule has 1 N–H and O–H groups in total. The molecular weight excluding hydrogens is 190 g/mol. The van der Waals surface area contributed by atoms with Crippen molar-refractivity contribution in [2.24, 2.45) is 0 Å². The number of nitrogens with one attached hydrogen (secondary N) is 1.